The molecule has 1 unspecified atom stereocenters. The highest BCUT2D eigenvalue weighted by molar-refractivity contribution is 5.84. The van der Waals surface area contributed by atoms with Gasteiger partial charge in [-0.3, -0.25) is 10.1 Å². The van der Waals surface area contributed by atoms with Crippen molar-refractivity contribution in [3.63, 3.8) is 0 Å². The van der Waals surface area contributed by atoms with Crippen LogP contribution in [0.15, 0.2) is 54.6 Å². The number of hydrogen-bond donors (Lipinski definition) is 2. The molecule has 3 N–H and O–H groups in total. The van der Waals surface area contributed by atoms with Crippen molar-refractivity contribution >= 4 is 5.91 Å². The second-order valence-electron chi connectivity index (χ2n) is 5.34. The van der Waals surface area contributed by atoms with Crippen molar-refractivity contribution in [1.29, 1.82) is 0 Å². The standard InChI is InChI=1S/C17H19FN2O/c1-17(16(19)21,11-13-7-9-15(18)10-8-13)20-12-14-5-3-2-4-6-14/h2-10,20H,11-12H2,1H3,(H2,19,21). The van der Waals surface area contributed by atoms with Gasteiger partial charge in [-0.05, 0) is 36.6 Å². The number of carbonyl (C=O) groups is 1. The van der Waals surface area contributed by atoms with Gasteiger partial charge in [0.15, 0.2) is 0 Å². The number of rotatable bonds is 6. The fourth-order valence-electron chi connectivity index (χ4n) is 2.14. The highest BCUT2D eigenvalue weighted by Gasteiger charge is 2.30. The third kappa shape index (κ3) is 4.13. The van der Waals surface area contributed by atoms with Crippen molar-refractivity contribution in [1.82, 2.24) is 5.32 Å². The molecule has 0 fully saturated rings. The van der Waals surface area contributed by atoms with Crippen molar-refractivity contribution in [2.45, 2.75) is 25.4 Å². The van der Waals surface area contributed by atoms with Crippen LogP contribution in [0.3, 0.4) is 0 Å². The topological polar surface area (TPSA) is 55.1 Å². The van der Waals surface area contributed by atoms with E-state index in [1.54, 1.807) is 19.1 Å². The van der Waals surface area contributed by atoms with Gasteiger partial charge in [-0.1, -0.05) is 42.5 Å². The first-order valence-corrected chi connectivity index (χ1v) is 6.83. The molecule has 0 heterocycles. The maximum absolute atomic E-state index is 12.9. The molecule has 1 atom stereocenters. The second kappa shape index (κ2) is 6.50. The molecule has 0 bridgehead atoms. The lowest BCUT2D eigenvalue weighted by Crippen LogP contribution is -2.54. The van der Waals surface area contributed by atoms with Gasteiger partial charge in [0.25, 0.3) is 0 Å². The summed E-state index contributed by atoms with van der Waals surface area (Å²) in [5.41, 5.74) is 6.59. The highest BCUT2D eigenvalue weighted by Crippen LogP contribution is 2.15. The molecular weight excluding hydrogens is 267 g/mol. The summed E-state index contributed by atoms with van der Waals surface area (Å²) in [6, 6.07) is 15.9. The fourth-order valence-corrected chi connectivity index (χ4v) is 2.14. The monoisotopic (exact) mass is 286 g/mol. The van der Waals surface area contributed by atoms with Gasteiger partial charge >= 0.3 is 0 Å². The van der Waals surface area contributed by atoms with Crippen LogP contribution in [0.1, 0.15) is 18.1 Å². The van der Waals surface area contributed by atoms with Gasteiger partial charge in [-0.15, -0.1) is 0 Å². The molecule has 110 valence electrons. The molecule has 0 aliphatic heterocycles. The number of primary amides is 1. The summed E-state index contributed by atoms with van der Waals surface area (Å²) in [6.07, 6.45) is 0.412. The van der Waals surface area contributed by atoms with Gasteiger partial charge in [0, 0.05) is 6.54 Å². The van der Waals surface area contributed by atoms with Crippen LogP contribution in [0, 0.1) is 5.82 Å². The van der Waals surface area contributed by atoms with Crippen LogP contribution in [0.2, 0.25) is 0 Å². The summed E-state index contributed by atoms with van der Waals surface area (Å²) in [7, 11) is 0. The van der Waals surface area contributed by atoms with E-state index in [0.29, 0.717) is 13.0 Å². The van der Waals surface area contributed by atoms with E-state index in [0.717, 1.165) is 11.1 Å². The first-order chi connectivity index (χ1) is 9.99. The summed E-state index contributed by atoms with van der Waals surface area (Å²) < 4.78 is 12.9. The van der Waals surface area contributed by atoms with E-state index in [2.05, 4.69) is 5.32 Å². The first-order valence-electron chi connectivity index (χ1n) is 6.83. The average Bonchev–Trinajstić information content (AvgIpc) is 2.48. The Hall–Kier alpha value is -2.20. The van der Waals surface area contributed by atoms with Crippen LogP contribution >= 0.6 is 0 Å². The minimum Gasteiger partial charge on any atom is -0.368 e. The fraction of sp³-hybridized carbons (Fsp3) is 0.235. The average molecular weight is 286 g/mol. The Bertz CT molecular complexity index is 598. The Labute approximate surface area is 124 Å². The Morgan fingerprint density at radius 1 is 1.10 bits per heavy atom. The Balaban J connectivity index is 2.09. The minimum absolute atomic E-state index is 0.295. The Kier molecular flexibility index (Phi) is 4.70. The third-order valence-electron chi connectivity index (χ3n) is 3.54. The molecule has 0 spiro atoms. The first kappa shape index (κ1) is 15.2. The normalized spacial score (nSPS) is 13.6. The van der Waals surface area contributed by atoms with Crippen LogP contribution < -0.4 is 11.1 Å². The Morgan fingerprint density at radius 2 is 1.71 bits per heavy atom. The molecule has 1 amide bonds. The van der Waals surface area contributed by atoms with Crippen LogP contribution in [0.4, 0.5) is 4.39 Å². The molecule has 0 aliphatic carbocycles. The summed E-state index contributed by atoms with van der Waals surface area (Å²) in [6.45, 7) is 2.31. The van der Waals surface area contributed by atoms with Crippen LogP contribution in [-0.2, 0) is 17.8 Å². The minimum atomic E-state index is -0.881. The molecule has 0 saturated heterocycles. The van der Waals surface area contributed by atoms with Gasteiger partial charge in [0.2, 0.25) is 5.91 Å². The van der Waals surface area contributed by atoms with E-state index >= 15 is 0 Å². The summed E-state index contributed by atoms with van der Waals surface area (Å²) in [5.74, 6) is -0.723. The molecule has 2 rings (SSSR count). The maximum atomic E-state index is 12.9. The zero-order valence-electron chi connectivity index (χ0n) is 12.0. The molecule has 21 heavy (non-hydrogen) atoms. The summed E-state index contributed by atoms with van der Waals surface area (Å²) >= 11 is 0. The van der Waals surface area contributed by atoms with Crippen LogP contribution in [0.25, 0.3) is 0 Å². The van der Waals surface area contributed by atoms with Crippen molar-refractivity contribution in [2.24, 2.45) is 5.73 Å². The molecule has 0 aliphatic rings. The maximum Gasteiger partial charge on any atom is 0.237 e. The van der Waals surface area contributed by atoms with Gasteiger partial charge < -0.3 is 5.73 Å². The molecule has 0 saturated carbocycles. The van der Waals surface area contributed by atoms with E-state index in [-0.39, 0.29) is 5.82 Å². The number of carbonyl (C=O) groups excluding carboxylic acids is 1. The molecule has 0 radical (unpaired) electrons. The van der Waals surface area contributed by atoms with E-state index in [4.69, 9.17) is 5.73 Å². The molecule has 0 aromatic heterocycles. The second-order valence-corrected chi connectivity index (χ2v) is 5.34. The molecule has 4 heteroatoms. The zero-order valence-corrected chi connectivity index (χ0v) is 12.0. The number of hydrogen-bond acceptors (Lipinski definition) is 2. The molecular formula is C17H19FN2O. The van der Waals surface area contributed by atoms with E-state index in [1.165, 1.54) is 12.1 Å². The summed E-state index contributed by atoms with van der Waals surface area (Å²) in [4.78, 5) is 11.8. The predicted octanol–water partition coefficient (Wildman–Crippen LogP) is 2.40. The van der Waals surface area contributed by atoms with E-state index in [1.807, 2.05) is 30.3 Å². The number of benzene rings is 2. The Morgan fingerprint density at radius 3 is 2.29 bits per heavy atom. The molecule has 2 aromatic rings. The number of nitrogens with one attached hydrogen (secondary N) is 1. The van der Waals surface area contributed by atoms with Crippen molar-refractivity contribution in [3.8, 4) is 0 Å². The third-order valence-corrected chi connectivity index (χ3v) is 3.54. The SMILES string of the molecule is CC(Cc1ccc(F)cc1)(NCc1ccccc1)C(N)=O. The van der Waals surface area contributed by atoms with E-state index < -0.39 is 11.4 Å². The lowest BCUT2D eigenvalue weighted by Gasteiger charge is -2.28. The smallest absolute Gasteiger partial charge is 0.237 e. The van der Waals surface area contributed by atoms with Gasteiger partial charge in [0.05, 0.1) is 5.54 Å². The lowest BCUT2D eigenvalue weighted by molar-refractivity contribution is -0.123. The van der Waals surface area contributed by atoms with Gasteiger partial charge in [-0.2, -0.15) is 0 Å². The van der Waals surface area contributed by atoms with E-state index in [9.17, 15) is 9.18 Å². The van der Waals surface area contributed by atoms with Crippen molar-refractivity contribution in [2.75, 3.05) is 0 Å². The largest absolute Gasteiger partial charge is 0.368 e. The molecule has 3 nitrogen and oxygen atoms in total. The molecule has 2 aromatic carbocycles. The van der Waals surface area contributed by atoms with Crippen LogP contribution in [0.5, 0.6) is 0 Å². The van der Waals surface area contributed by atoms with Gasteiger partial charge in [0.1, 0.15) is 5.82 Å². The predicted molar refractivity (Wildman–Crippen MR) is 81.0 cm³/mol. The highest BCUT2D eigenvalue weighted by atomic mass is 19.1. The van der Waals surface area contributed by atoms with Gasteiger partial charge in [-0.25, -0.2) is 4.39 Å². The van der Waals surface area contributed by atoms with Crippen LogP contribution in [-0.4, -0.2) is 11.4 Å². The number of halogens is 1. The zero-order chi connectivity index (χ0) is 15.3. The lowest BCUT2D eigenvalue weighted by atomic mass is 9.91. The quantitative estimate of drug-likeness (QED) is 0.856. The number of amides is 1. The summed E-state index contributed by atoms with van der Waals surface area (Å²) in [5, 5.41) is 3.21. The van der Waals surface area contributed by atoms with Crippen molar-refractivity contribution < 1.29 is 9.18 Å². The number of nitrogens with two attached hydrogens (primary N) is 1. The van der Waals surface area contributed by atoms with Crippen molar-refractivity contribution in [3.05, 3.63) is 71.5 Å².